The molecule has 1 aromatic carbocycles. The minimum atomic E-state index is 0.342. The smallest absolute Gasteiger partial charge is 0.161 e. The Hall–Kier alpha value is -2.23. The van der Waals surface area contributed by atoms with Crippen LogP contribution in [-0.2, 0) is 0 Å². The van der Waals surface area contributed by atoms with Crippen molar-refractivity contribution in [2.45, 2.75) is 37.6 Å². The van der Waals surface area contributed by atoms with Crippen LogP contribution < -0.4 is 9.47 Å². The van der Waals surface area contributed by atoms with E-state index in [1.54, 1.807) is 20.5 Å². The van der Waals surface area contributed by atoms with Crippen molar-refractivity contribution in [3.8, 4) is 11.5 Å². The first kappa shape index (κ1) is 14.4. The number of rotatable bonds is 3. The third-order valence-corrected chi connectivity index (χ3v) is 4.99. The van der Waals surface area contributed by atoms with Gasteiger partial charge in [0.15, 0.2) is 17.3 Å². The highest BCUT2D eigenvalue weighted by molar-refractivity contribution is 6.13. The molecular weight excluding hydrogens is 290 g/mol. The Labute approximate surface area is 136 Å². The van der Waals surface area contributed by atoms with E-state index in [1.807, 2.05) is 18.2 Å². The molecule has 0 saturated heterocycles. The lowest BCUT2D eigenvalue weighted by Gasteiger charge is -2.35. The maximum Gasteiger partial charge on any atom is 0.161 e. The number of ether oxygens (including phenoxy) is 2. The lowest BCUT2D eigenvalue weighted by Crippen LogP contribution is -2.29. The molecule has 120 valence electrons. The van der Waals surface area contributed by atoms with Gasteiger partial charge >= 0.3 is 0 Å². The quantitative estimate of drug-likeness (QED) is 0.854. The first-order valence-corrected chi connectivity index (χ1v) is 8.19. The van der Waals surface area contributed by atoms with E-state index < -0.39 is 0 Å². The number of aliphatic imine (C=N–C) groups is 1. The topological polar surface area (TPSA) is 44.0 Å². The molecule has 2 aromatic rings. The van der Waals surface area contributed by atoms with Crippen molar-refractivity contribution in [1.29, 1.82) is 0 Å². The van der Waals surface area contributed by atoms with Gasteiger partial charge in [0.1, 0.15) is 5.71 Å². The van der Waals surface area contributed by atoms with Crippen LogP contribution in [0.2, 0.25) is 0 Å². The number of furan rings is 1. The zero-order valence-corrected chi connectivity index (χ0v) is 13.5. The number of benzene rings is 1. The van der Waals surface area contributed by atoms with Gasteiger partial charge in [-0.05, 0) is 42.7 Å². The van der Waals surface area contributed by atoms with E-state index in [0.717, 1.165) is 35.0 Å². The highest BCUT2D eigenvalue weighted by Gasteiger charge is 2.35. The predicted octanol–water partition coefficient (Wildman–Crippen LogP) is 4.17. The molecule has 0 spiro atoms. The third kappa shape index (κ3) is 2.33. The van der Waals surface area contributed by atoms with Gasteiger partial charge < -0.3 is 13.9 Å². The van der Waals surface area contributed by atoms with Gasteiger partial charge in [0.05, 0.1) is 26.5 Å². The largest absolute Gasteiger partial charge is 0.493 e. The third-order valence-electron chi connectivity index (χ3n) is 4.99. The Bertz CT molecular complexity index is 733. The summed E-state index contributed by atoms with van der Waals surface area (Å²) in [4.78, 5) is 5.05. The van der Waals surface area contributed by atoms with Crippen molar-refractivity contribution in [1.82, 2.24) is 0 Å². The summed E-state index contributed by atoms with van der Waals surface area (Å²) in [5.41, 5.74) is 3.36. The summed E-state index contributed by atoms with van der Waals surface area (Å²) in [6.45, 7) is 0. The molecule has 4 nitrogen and oxygen atoms in total. The molecular formula is C19H21NO3. The molecule has 0 radical (unpaired) electrons. The van der Waals surface area contributed by atoms with Crippen molar-refractivity contribution < 1.29 is 13.9 Å². The fourth-order valence-electron chi connectivity index (χ4n) is 3.88. The molecule has 4 rings (SSSR count). The molecule has 2 atom stereocenters. The van der Waals surface area contributed by atoms with Crippen LogP contribution in [0.1, 0.15) is 48.5 Å². The van der Waals surface area contributed by atoms with Crippen LogP contribution in [0.25, 0.3) is 0 Å². The van der Waals surface area contributed by atoms with E-state index in [2.05, 4.69) is 6.07 Å². The van der Waals surface area contributed by atoms with Gasteiger partial charge in [0, 0.05) is 11.5 Å². The Kier molecular flexibility index (Phi) is 3.60. The van der Waals surface area contributed by atoms with Crippen LogP contribution in [0, 0.1) is 0 Å². The second-order valence-corrected chi connectivity index (χ2v) is 6.21. The van der Waals surface area contributed by atoms with E-state index in [-0.39, 0.29) is 0 Å². The second kappa shape index (κ2) is 5.76. The molecule has 1 saturated carbocycles. The standard InChI is InChI=1S/C19H21NO3/c1-21-17-10-13-12-6-3-4-7-15(12)20-19(16-8-5-9-23-16)14(13)11-18(17)22-2/h5,8-12,15H,3-4,6-7H2,1-2H3/t12-,15-/m0/s1. The van der Waals surface area contributed by atoms with E-state index in [0.29, 0.717) is 12.0 Å². The number of hydrogen-bond donors (Lipinski definition) is 0. The number of nitrogens with zero attached hydrogens (tertiary/aromatic N) is 1. The molecule has 1 aromatic heterocycles. The molecule has 1 fully saturated rings. The van der Waals surface area contributed by atoms with Crippen LogP contribution in [0.4, 0.5) is 0 Å². The molecule has 0 N–H and O–H groups in total. The predicted molar refractivity (Wildman–Crippen MR) is 88.9 cm³/mol. The highest BCUT2D eigenvalue weighted by atomic mass is 16.5. The Balaban J connectivity index is 1.91. The maximum absolute atomic E-state index is 5.64. The Morgan fingerprint density at radius 1 is 1.09 bits per heavy atom. The summed E-state index contributed by atoms with van der Waals surface area (Å²) in [6, 6.07) is 8.40. The van der Waals surface area contributed by atoms with Crippen molar-refractivity contribution >= 4 is 5.71 Å². The number of methoxy groups -OCH3 is 2. The summed E-state index contributed by atoms with van der Waals surface area (Å²) in [5, 5.41) is 0. The minimum absolute atomic E-state index is 0.342. The van der Waals surface area contributed by atoms with Crippen LogP contribution >= 0.6 is 0 Å². The van der Waals surface area contributed by atoms with E-state index in [4.69, 9.17) is 18.9 Å². The first-order valence-electron chi connectivity index (χ1n) is 8.19. The molecule has 0 bridgehead atoms. The van der Waals surface area contributed by atoms with Crippen molar-refractivity contribution in [3.05, 3.63) is 47.4 Å². The summed E-state index contributed by atoms with van der Waals surface area (Å²) in [6.07, 6.45) is 6.54. The zero-order valence-electron chi connectivity index (χ0n) is 13.5. The number of hydrogen-bond acceptors (Lipinski definition) is 4. The van der Waals surface area contributed by atoms with Crippen LogP contribution in [-0.4, -0.2) is 26.0 Å². The first-order chi connectivity index (χ1) is 11.3. The average molecular weight is 311 g/mol. The fourth-order valence-corrected chi connectivity index (χ4v) is 3.88. The molecule has 1 aliphatic carbocycles. The second-order valence-electron chi connectivity index (χ2n) is 6.21. The van der Waals surface area contributed by atoms with Gasteiger partial charge in [-0.3, -0.25) is 4.99 Å². The van der Waals surface area contributed by atoms with Crippen LogP contribution in [0.5, 0.6) is 11.5 Å². The van der Waals surface area contributed by atoms with Crippen molar-refractivity contribution in [2.24, 2.45) is 4.99 Å². The summed E-state index contributed by atoms with van der Waals surface area (Å²) < 4.78 is 16.6. The van der Waals surface area contributed by atoms with Gasteiger partial charge in [0.2, 0.25) is 0 Å². The van der Waals surface area contributed by atoms with E-state index >= 15 is 0 Å². The summed E-state index contributed by atoms with van der Waals surface area (Å²) in [5.74, 6) is 2.82. The normalized spacial score (nSPS) is 22.8. The molecule has 2 aliphatic rings. The van der Waals surface area contributed by atoms with Gasteiger partial charge in [-0.25, -0.2) is 0 Å². The number of fused-ring (bicyclic) bond motifs is 3. The molecule has 0 amide bonds. The fraction of sp³-hybridized carbons (Fsp3) is 0.421. The maximum atomic E-state index is 5.64. The van der Waals surface area contributed by atoms with Gasteiger partial charge in [0.25, 0.3) is 0 Å². The molecule has 23 heavy (non-hydrogen) atoms. The van der Waals surface area contributed by atoms with E-state index in [1.165, 1.54) is 24.8 Å². The van der Waals surface area contributed by atoms with E-state index in [9.17, 15) is 0 Å². The van der Waals surface area contributed by atoms with Crippen molar-refractivity contribution in [2.75, 3.05) is 14.2 Å². The lowest BCUT2D eigenvalue weighted by atomic mass is 9.75. The molecule has 0 unspecified atom stereocenters. The highest BCUT2D eigenvalue weighted by Crippen LogP contribution is 2.44. The van der Waals surface area contributed by atoms with Gasteiger partial charge in [-0.15, -0.1) is 0 Å². The Morgan fingerprint density at radius 2 is 1.87 bits per heavy atom. The SMILES string of the molecule is COc1cc2c(cc1OC)[C@@H]1CCCC[C@@H]1N=C2c1ccco1. The van der Waals surface area contributed by atoms with Gasteiger partial charge in [-0.2, -0.15) is 0 Å². The summed E-state index contributed by atoms with van der Waals surface area (Å²) in [7, 11) is 3.35. The van der Waals surface area contributed by atoms with Crippen molar-refractivity contribution in [3.63, 3.8) is 0 Å². The minimum Gasteiger partial charge on any atom is -0.493 e. The Morgan fingerprint density at radius 3 is 2.61 bits per heavy atom. The van der Waals surface area contributed by atoms with Crippen LogP contribution in [0.3, 0.4) is 0 Å². The summed E-state index contributed by atoms with van der Waals surface area (Å²) >= 11 is 0. The van der Waals surface area contributed by atoms with Crippen LogP contribution in [0.15, 0.2) is 39.9 Å². The zero-order chi connectivity index (χ0) is 15.8. The molecule has 4 heteroatoms. The lowest BCUT2D eigenvalue weighted by molar-refractivity contribution is 0.349. The molecule has 2 heterocycles. The molecule has 1 aliphatic heterocycles. The monoisotopic (exact) mass is 311 g/mol. The average Bonchev–Trinajstić information content (AvgIpc) is 3.14. The van der Waals surface area contributed by atoms with Gasteiger partial charge in [-0.1, -0.05) is 12.8 Å².